The Kier molecular flexibility index (Phi) is 9.25. The molecule has 0 fully saturated rings. The molecule has 0 saturated heterocycles. The average Bonchev–Trinajstić information content (AvgIpc) is 2.49. The van der Waals surface area contributed by atoms with Crippen molar-refractivity contribution in [2.45, 2.75) is 57.9 Å². The minimum atomic E-state index is 0.526. The molecule has 0 radical (unpaired) electrons. The van der Waals surface area contributed by atoms with Crippen LogP contribution < -0.4 is 5.73 Å². The minimum Gasteiger partial charge on any atom is -0.329 e. The molecule has 0 aliphatic carbocycles. The summed E-state index contributed by atoms with van der Waals surface area (Å²) in [5.41, 5.74) is 7.28. The maximum atomic E-state index is 5.93. The summed E-state index contributed by atoms with van der Waals surface area (Å²) >= 11 is 0. The number of pyridine rings is 1. The number of hydrogen-bond acceptors (Lipinski definition) is 3. The van der Waals surface area contributed by atoms with Gasteiger partial charge in [-0.3, -0.25) is 4.98 Å². The Balaban J connectivity index is 2.22. The van der Waals surface area contributed by atoms with Crippen LogP contribution in [0.5, 0.6) is 0 Å². The lowest BCUT2D eigenvalue weighted by molar-refractivity contribution is 0.233. The summed E-state index contributed by atoms with van der Waals surface area (Å²) in [6.45, 7) is 4.09. The molecule has 1 unspecified atom stereocenters. The summed E-state index contributed by atoms with van der Waals surface area (Å²) in [6.07, 6.45) is 12.7. The largest absolute Gasteiger partial charge is 0.329 e. The molecule has 1 atom stereocenters. The highest BCUT2D eigenvalue weighted by molar-refractivity contribution is 5.09. The minimum absolute atomic E-state index is 0.526. The molecule has 20 heavy (non-hydrogen) atoms. The molecule has 0 bridgehead atoms. The standard InChI is InChI=1S/C17H31N3/c1-3-4-5-6-7-8-17(15-18)20(2)14-11-16-9-12-19-13-10-16/h9-10,12-13,17H,3-8,11,14-15,18H2,1-2H3. The second kappa shape index (κ2) is 10.8. The molecule has 0 aliphatic heterocycles. The van der Waals surface area contributed by atoms with Crippen LogP contribution in [0.2, 0.25) is 0 Å². The second-order valence-corrected chi connectivity index (χ2v) is 5.68. The first-order valence-electron chi connectivity index (χ1n) is 8.07. The van der Waals surface area contributed by atoms with Crippen LogP contribution in [-0.4, -0.2) is 36.1 Å². The number of nitrogens with two attached hydrogens (primary N) is 1. The van der Waals surface area contributed by atoms with E-state index in [0.717, 1.165) is 19.5 Å². The molecule has 2 N–H and O–H groups in total. The molecule has 3 nitrogen and oxygen atoms in total. The molecule has 1 aromatic heterocycles. The first-order valence-corrected chi connectivity index (χ1v) is 8.07. The van der Waals surface area contributed by atoms with Crippen LogP contribution >= 0.6 is 0 Å². The van der Waals surface area contributed by atoms with Crippen molar-refractivity contribution in [1.82, 2.24) is 9.88 Å². The Morgan fingerprint density at radius 1 is 1.15 bits per heavy atom. The normalized spacial score (nSPS) is 12.8. The Labute approximate surface area is 124 Å². The number of unbranched alkanes of at least 4 members (excludes halogenated alkanes) is 4. The topological polar surface area (TPSA) is 42.1 Å². The molecule has 114 valence electrons. The zero-order valence-corrected chi connectivity index (χ0v) is 13.2. The van der Waals surface area contributed by atoms with E-state index in [1.807, 2.05) is 12.4 Å². The van der Waals surface area contributed by atoms with Crippen LogP contribution in [0.4, 0.5) is 0 Å². The highest BCUT2D eigenvalue weighted by Gasteiger charge is 2.12. The van der Waals surface area contributed by atoms with Gasteiger partial charge in [0.25, 0.3) is 0 Å². The van der Waals surface area contributed by atoms with Gasteiger partial charge in [0.1, 0.15) is 0 Å². The Bertz CT molecular complexity index is 326. The van der Waals surface area contributed by atoms with E-state index in [4.69, 9.17) is 5.73 Å². The van der Waals surface area contributed by atoms with E-state index in [2.05, 4.69) is 36.0 Å². The number of likely N-dealkylation sites (N-methyl/N-ethyl adjacent to an activating group) is 1. The number of rotatable bonds is 11. The monoisotopic (exact) mass is 277 g/mol. The molecular weight excluding hydrogens is 246 g/mol. The summed E-state index contributed by atoms with van der Waals surface area (Å²) in [7, 11) is 2.20. The van der Waals surface area contributed by atoms with Crippen LogP contribution in [0, 0.1) is 0 Å². The van der Waals surface area contributed by atoms with Crippen molar-refractivity contribution >= 4 is 0 Å². The van der Waals surface area contributed by atoms with Gasteiger partial charge < -0.3 is 10.6 Å². The second-order valence-electron chi connectivity index (χ2n) is 5.68. The summed E-state index contributed by atoms with van der Waals surface area (Å²) in [6, 6.07) is 4.71. The fraction of sp³-hybridized carbons (Fsp3) is 0.706. The van der Waals surface area contributed by atoms with Crippen LogP contribution in [0.3, 0.4) is 0 Å². The lowest BCUT2D eigenvalue weighted by Gasteiger charge is -2.27. The lowest BCUT2D eigenvalue weighted by atomic mass is 10.0. The SMILES string of the molecule is CCCCCCCC(CN)N(C)CCc1ccncc1. The van der Waals surface area contributed by atoms with Gasteiger partial charge in [-0.15, -0.1) is 0 Å². The Hall–Kier alpha value is -0.930. The first kappa shape index (κ1) is 17.1. The van der Waals surface area contributed by atoms with Crippen LogP contribution in [0.25, 0.3) is 0 Å². The van der Waals surface area contributed by atoms with Crippen molar-refractivity contribution in [3.63, 3.8) is 0 Å². The summed E-state index contributed by atoms with van der Waals surface area (Å²) < 4.78 is 0. The predicted octanol–water partition coefficient (Wildman–Crippen LogP) is 3.24. The van der Waals surface area contributed by atoms with Gasteiger partial charge in [0, 0.05) is 31.5 Å². The molecule has 3 heteroatoms. The molecule has 1 rings (SSSR count). The highest BCUT2D eigenvalue weighted by atomic mass is 15.1. The van der Waals surface area contributed by atoms with E-state index < -0.39 is 0 Å². The summed E-state index contributed by atoms with van der Waals surface area (Å²) in [5.74, 6) is 0. The molecule has 0 aliphatic rings. The van der Waals surface area contributed by atoms with Gasteiger partial charge in [-0.2, -0.15) is 0 Å². The maximum absolute atomic E-state index is 5.93. The van der Waals surface area contributed by atoms with Crippen molar-refractivity contribution in [2.24, 2.45) is 5.73 Å². The van der Waals surface area contributed by atoms with Gasteiger partial charge in [-0.1, -0.05) is 39.0 Å². The molecule has 0 spiro atoms. The smallest absolute Gasteiger partial charge is 0.0270 e. The van der Waals surface area contributed by atoms with E-state index in [-0.39, 0.29) is 0 Å². The van der Waals surface area contributed by atoms with E-state index in [1.165, 1.54) is 44.1 Å². The van der Waals surface area contributed by atoms with Gasteiger partial charge in [-0.25, -0.2) is 0 Å². The quantitative estimate of drug-likeness (QED) is 0.631. The third kappa shape index (κ3) is 7.01. The average molecular weight is 277 g/mol. The summed E-state index contributed by atoms with van der Waals surface area (Å²) in [4.78, 5) is 6.47. The van der Waals surface area contributed by atoms with Gasteiger partial charge in [0.2, 0.25) is 0 Å². The summed E-state index contributed by atoms with van der Waals surface area (Å²) in [5, 5.41) is 0. The van der Waals surface area contributed by atoms with E-state index >= 15 is 0 Å². The molecule has 1 heterocycles. The number of nitrogens with zero attached hydrogens (tertiary/aromatic N) is 2. The van der Waals surface area contributed by atoms with Crippen molar-refractivity contribution in [2.75, 3.05) is 20.1 Å². The van der Waals surface area contributed by atoms with Gasteiger partial charge in [0.05, 0.1) is 0 Å². The molecule has 0 amide bonds. The van der Waals surface area contributed by atoms with Gasteiger partial charge in [-0.05, 0) is 37.6 Å². The maximum Gasteiger partial charge on any atom is 0.0270 e. The van der Waals surface area contributed by atoms with E-state index in [1.54, 1.807) is 0 Å². The first-order chi connectivity index (χ1) is 9.77. The Morgan fingerprint density at radius 2 is 1.85 bits per heavy atom. The molecule has 0 saturated carbocycles. The highest BCUT2D eigenvalue weighted by Crippen LogP contribution is 2.11. The van der Waals surface area contributed by atoms with Crippen LogP contribution in [0.15, 0.2) is 24.5 Å². The van der Waals surface area contributed by atoms with Crippen molar-refractivity contribution in [1.29, 1.82) is 0 Å². The van der Waals surface area contributed by atoms with E-state index in [9.17, 15) is 0 Å². The fourth-order valence-corrected chi connectivity index (χ4v) is 2.54. The number of hydrogen-bond donors (Lipinski definition) is 1. The molecule has 1 aromatic rings. The van der Waals surface area contributed by atoms with Crippen LogP contribution in [-0.2, 0) is 6.42 Å². The Morgan fingerprint density at radius 3 is 2.50 bits per heavy atom. The lowest BCUT2D eigenvalue weighted by Crippen LogP contribution is -2.39. The zero-order valence-electron chi connectivity index (χ0n) is 13.2. The molecular formula is C17H31N3. The van der Waals surface area contributed by atoms with Gasteiger partial charge in [0.15, 0.2) is 0 Å². The van der Waals surface area contributed by atoms with E-state index in [0.29, 0.717) is 6.04 Å². The van der Waals surface area contributed by atoms with Gasteiger partial charge >= 0.3 is 0 Å². The predicted molar refractivity (Wildman–Crippen MR) is 86.8 cm³/mol. The fourth-order valence-electron chi connectivity index (χ4n) is 2.54. The van der Waals surface area contributed by atoms with Crippen molar-refractivity contribution in [3.8, 4) is 0 Å². The van der Waals surface area contributed by atoms with Crippen molar-refractivity contribution in [3.05, 3.63) is 30.1 Å². The van der Waals surface area contributed by atoms with Crippen LogP contribution in [0.1, 0.15) is 51.0 Å². The molecule has 0 aromatic carbocycles. The van der Waals surface area contributed by atoms with Crippen molar-refractivity contribution < 1.29 is 0 Å². The number of aromatic nitrogens is 1. The zero-order chi connectivity index (χ0) is 14.6. The third-order valence-corrected chi connectivity index (χ3v) is 4.04. The third-order valence-electron chi connectivity index (χ3n) is 4.04.